The summed E-state index contributed by atoms with van der Waals surface area (Å²) in [5.74, 6) is 1.29. The van der Waals surface area contributed by atoms with Gasteiger partial charge in [0.05, 0.1) is 6.07 Å². The topological polar surface area (TPSA) is 56.1 Å². The maximum atomic E-state index is 8.59. The Morgan fingerprint density at radius 3 is 2.37 bits per heavy atom. The van der Waals surface area contributed by atoms with Crippen molar-refractivity contribution in [1.82, 2.24) is 14.9 Å². The number of nitriles is 1. The Labute approximate surface area is 114 Å². The van der Waals surface area contributed by atoms with Crippen molar-refractivity contribution in [3.63, 3.8) is 0 Å². The first-order valence-corrected chi connectivity index (χ1v) is 6.87. The SMILES string of the molecule is CC(C)c1cnc(N2CCN(CCC#N)CC2)nc1. The van der Waals surface area contributed by atoms with Gasteiger partial charge < -0.3 is 4.90 Å². The Morgan fingerprint density at radius 1 is 1.21 bits per heavy atom. The predicted octanol–water partition coefficient (Wildman–Crippen LogP) is 1.64. The van der Waals surface area contributed by atoms with Gasteiger partial charge in [-0.25, -0.2) is 9.97 Å². The first kappa shape index (κ1) is 13.8. The summed E-state index contributed by atoms with van der Waals surface area (Å²) in [5, 5.41) is 8.59. The maximum absolute atomic E-state index is 8.59. The molecule has 19 heavy (non-hydrogen) atoms. The molecule has 0 bridgehead atoms. The lowest BCUT2D eigenvalue weighted by molar-refractivity contribution is 0.262. The quantitative estimate of drug-likeness (QED) is 0.822. The van der Waals surface area contributed by atoms with Crippen LogP contribution in [0.15, 0.2) is 12.4 Å². The molecular weight excluding hydrogens is 238 g/mol. The zero-order valence-corrected chi connectivity index (χ0v) is 11.7. The van der Waals surface area contributed by atoms with Crippen LogP contribution in [-0.4, -0.2) is 47.6 Å². The highest BCUT2D eigenvalue weighted by atomic mass is 15.3. The van der Waals surface area contributed by atoms with Gasteiger partial charge in [-0.05, 0) is 11.5 Å². The molecule has 0 aliphatic carbocycles. The lowest BCUT2D eigenvalue weighted by Crippen LogP contribution is -2.47. The lowest BCUT2D eigenvalue weighted by atomic mass is 10.1. The average Bonchev–Trinajstić information content (AvgIpc) is 2.46. The van der Waals surface area contributed by atoms with Gasteiger partial charge in [-0.1, -0.05) is 13.8 Å². The molecule has 1 aliphatic heterocycles. The van der Waals surface area contributed by atoms with E-state index >= 15 is 0 Å². The van der Waals surface area contributed by atoms with E-state index in [4.69, 9.17) is 5.26 Å². The highest BCUT2D eigenvalue weighted by molar-refractivity contribution is 5.31. The van der Waals surface area contributed by atoms with Gasteiger partial charge in [0.1, 0.15) is 0 Å². The minimum absolute atomic E-state index is 0.469. The van der Waals surface area contributed by atoms with Crippen LogP contribution < -0.4 is 4.90 Å². The average molecular weight is 259 g/mol. The van der Waals surface area contributed by atoms with Crippen LogP contribution in [0.4, 0.5) is 5.95 Å². The fraction of sp³-hybridized carbons (Fsp3) is 0.643. The molecule has 1 fully saturated rings. The van der Waals surface area contributed by atoms with Gasteiger partial charge >= 0.3 is 0 Å². The van der Waals surface area contributed by atoms with Crippen LogP contribution >= 0.6 is 0 Å². The molecule has 1 saturated heterocycles. The second kappa shape index (κ2) is 6.48. The van der Waals surface area contributed by atoms with Gasteiger partial charge in [0.15, 0.2) is 0 Å². The molecule has 0 unspecified atom stereocenters. The van der Waals surface area contributed by atoms with E-state index in [9.17, 15) is 0 Å². The molecule has 0 aromatic carbocycles. The molecule has 0 spiro atoms. The molecule has 102 valence electrons. The van der Waals surface area contributed by atoms with Gasteiger partial charge in [0, 0.05) is 51.5 Å². The number of aromatic nitrogens is 2. The Morgan fingerprint density at radius 2 is 1.84 bits per heavy atom. The number of nitrogens with zero attached hydrogens (tertiary/aromatic N) is 5. The summed E-state index contributed by atoms with van der Waals surface area (Å²) >= 11 is 0. The molecule has 0 N–H and O–H groups in total. The van der Waals surface area contributed by atoms with E-state index in [-0.39, 0.29) is 0 Å². The number of hydrogen-bond acceptors (Lipinski definition) is 5. The Hall–Kier alpha value is -1.67. The summed E-state index contributed by atoms with van der Waals surface area (Å²) in [5.41, 5.74) is 1.18. The second-order valence-corrected chi connectivity index (χ2v) is 5.21. The van der Waals surface area contributed by atoms with Crippen LogP contribution in [0.25, 0.3) is 0 Å². The van der Waals surface area contributed by atoms with Crippen molar-refractivity contribution in [2.24, 2.45) is 0 Å². The Bertz CT molecular complexity index is 426. The predicted molar refractivity (Wildman–Crippen MR) is 75.0 cm³/mol. The number of rotatable bonds is 4. The van der Waals surface area contributed by atoms with E-state index in [2.05, 4.69) is 39.7 Å². The van der Waals surface area contributed by atoms with Gasteiger partial charge in [-0.3, -0.25) is 4.90 Å². The molecule has 5 heteroatoms. The zero-order valence-electron chi connectivity index (χ0n) is 11.7. The number of anilines is 1. The lowest BCUT2D eigenvalue weighted by Gasteiger charge is -2.34. The molecule has 1 aliphatic rings. The first-order chi connectivity index (χ1) is 9.20. The third-order valence-electron chi connectivity index (χ3n) is 3.52. The monoisotopic (exact) mass is 259 g/mol. The van der Waals surface area contributed by atoms with Crippen LogP contribution in [0.1, 0.15) is 31.7 Å². The van der Waals surface area contributed by atoms with Crippen molar-refractivity contribution < 1.29 is 0 Å². The fourth-order valence-corrected chi connectivity index (χ4v) is 2.17. The molecule has 2 rings (SSSR count). The van der Waals surface area contributed by atoms with E-state index in [1.54, 1.807) is 0 Å². The van der Waals surface area contributed by atoms with Gasteiger partial charge in [0.25, 0.3) is 0 Å². The Balaban J connectivity index is 1.89. The molecule has 0 radical (unpaired) electrons. The van der Waals surface area contributed by atoms with Crippen molar-refractivity contribution in [3.05, 3.63) is 18.0 Å². The van der Waals surface area contributed by atoms with Gasteiger partial charge in [-0.15, -0.1) is 0 Å². The van der Waals surface area contributed by atoms with Crippen molar-refractivity contribution in [2.45, 2.75) is 26.2 Å². The smallest absolute Gasteiger partial charge is 0.225 e. The Kier molecular flexibility index (Phi) is 4.69. The summed E-state index contributed by atoms with van der Waals surface area (Å²) in [6.07, 6.45) is 4.46. The largest absolute Gasteiger partial charge is 0.338 e. The van der Waals surface area contributed by atoms with Gasteiger partial charge in [0.2, 0.25) is 5.95 Å². The maximum Gasteiger partial charge on any atom is 0.225 e. The molecule has 0 saturated carbocycles. The minimum Gasteiger partial charge on any atom is -0.338 e. The van der Waals surface area contributed by atoms with E-state index in [1.165, 1.54) is 5.56 Å². The van der Waals surface area contributed by atoms with Crippen molar-refractivity contribution in [2.75, 3.05) is 37.6 Å². The molecular formula is C14H21N5. The third-order valence-corrected chi connectivity index (χ3v) is 3.52. The second-order valence-electron chi connectivity index (χ2n) is 5.21. The van der Waals surface area contributed by atoms with Crippen LogP contribution in [-0.2, 0) is 0 Å². The van der Waals surface area contributed by atoms with E-state index in [0.717, 1.165) is 38.7 Å². The van der Waals surface area contributed by atoms with Crippen LogP contribution in [0.3, 0.4) is 0 Å². The third kappa shape index (κ3) is 3.65. The summed E-state index contributed by atoms with van der Waals surface area (Å²) in [7, 11) is 0. The normalized spacial score (nSPS) is 16.6. The van der Waals surface area contributed by atoms with E-state index in [1.807, 2.05) is 12.4 Å². The summed E-state index contributed by atoms with van der Waals surface area (Å²) in [6, 6.07) is 2.19. The van der Waals surface area contributed by atoms with E-state index < -0.39 is 0 Å². The molecule has 1 aromatic heterocycles. The zero-order chi connectivity index (χ0) is 13.7. The number of piperazine rings is 1. The highest BCUT2D eigenvalue weighted by Crippen LogP contribution is 2.15. The molecule has 0 amide bonds. The van der Waals surface area contributed by atoms with Crippen LogP contribution in [0.2, 0.25) is 0 Å². The number of hydrogen-bond donors (Lipinski definition) is 0. The van der Waals surface area contributed by atoms with Crippen molar-refractivity contribution in [1.29, 1.82) is 5.26 Å². The fourth-order valence-electron chi connectivity index (χ4n) is 2.17. The minimum atomic E-state index is 0.469. The van der Waals surface area contributed by atoms with Crippen molar-refractivity contribution >= 4 is 5.95 Å². The summed E-state index contributed by atoms with van der Waals surface area (Å²) < 4.78 is 0. The van der Waals surface area contributed by atoms with Crippen LogP contribution in [0.5, 0.6) is 0 Å². The first-order valence-electron chi connectivity index (χ1n) is 6.87. The standard InChI is InChI=1S/C14H21N5/c1-12(2)13-10-16-14(17-11-13)19-8-6-18(7-9-19)5-3-4-15/h10-12H,3,5-9H2,1-2H3. The van der Waals surface area contributed by atoms with Crippen LogP contribution in [0, 0.1) is 11.3 Å². The molecule has 1 aromatic rings. The molecule has 5 nitrogen and oxygen atoms in total. The van der Waals surface area contributed by atoms with Gasteiger partial charge in [-0.2, -0.15) is 5.26 Å². The summed E-state index contributed by atoms with van der Waals surface area (Å²) in [6.45, 7) is 9.00. The van der Waals surface area contributed by atoms with E-state index in [0.29, 0.717) is 12.3 Å². The summed E-state index contributed by atoms with van der Waals surface area (Å²) in [4.78, 5) is 13.4. The highest BCUT2D eigenvalue weighted by Gasteiger charge is 2.18. The molecule has 2 heterocycles. The van der Waals surface area contributed by atoms with Crippen molar-refractivity contribution in [3.8, 4) is 6.07 Å². The molecule has 0 atom stereocenters.